The Bertz CT molecular complexity index is 1220. The first-order chi connectivity index (χ1) is 13.7. The van der Waals surface area contributed by atoms with E-state index in [0.29, 0.717) is 22.2 Å². The standard InChI is InChI=1S/C23H17NO4/c1-27-22(25)19-18-16-11-7-6-8-14(16)12-13-17(18)24-21(20(19)23(26)28-2)15-9-4-3-5-10-15/h3-13H,1-2H3. The van der Waals surface area contributed by atoms with Crippen LogP contribution in [0.25, 0.3) is 32.9 Å². The van der Waals surface area contributed by atoms with Gasteiger partial charge in [-0.25, -0.2) is 14.6 Å². The molecule has 0 amide bonds. The first kappa shape index (κ1) is 17.7. The Hall–Kier alpha value is -3.73. The first-order valence-corrected chi connectivity index (χ1v) is 8.73. The molecule has 0 atom stereocenters. The van der Waals surface area contributed by atoms with Gasteiger partial charge >= 0.3 is 11.9 Å². The van der Waals surface area contributed by atoms with E-state index in [9.17, 15) is 9.59 Å². The van der Waals surface area contributed by atoms with E-state index < -0.39 is 11.9 Å². The van der Waals surface area contributed by atoms with Gasteiger partial charge in [0.1, 0.15) is 5.56 Å². The summed E-state index contributed by atoms with van der Waals surface area (Å²) in [6.45, 7) is 0. The Morgan fingerprint density at radius 3 is 2.11 bits per heavy atom. The molecular formula is C23H17NO4. The number of hydrogen-bond acceptors (Lipinski definition) is 5. The van der Waals surface area contributed by atoms with Crippen molar-refractivity contribution < 1.29 is 19.1 Å². The molecule has 0 fully saturated rings. The number of hydrogen-bond donors (Lipinski definition) is 0. The minimum absolute atomic E-state index is 0.101. The van der Waals surface area contributed by atoms with Gasteiger partial charge in [0.05, 0.1) is 31.0 Å². The monoisotopic (exact) mass is 371 g/mol. The maximum absolute atomic E-state index is 12.8. The third-order valence-corrected chi connectivity index (χ3v) is 4.70. The Morgan fingerprint density at radius 1 is 0.750 bits per heavy atom. The second-order valence-electron chi connectivity index (χ2n) is 6.24. The topological polar surface area (TPSA) is 65.5 Å². The zero-order chi connectivity index (χ0) is 19.7. The lowest BCUT2D eigenvalue weighted by molar-refractivity contribution is 0.0557. The summed E-state index contributed by atoms with van der Waals surface area (Å²) in [5.41, 5.74) is 1.96. The zero-order valence-corrected chi connectivity index (χ0v) is 15.4. The predicted octanol–water partition coefficient (Wildman–Crippen LogP) is 4.63. The third kappa shape index (κ3) is 2.77. The Kier molecular flexibility index (Phi) is 4.49. The van der Waals surface area contributed by atoms with Gasteiger partial charge in [-0.2, -0.15) is 0 Å². The zero-order valence-electron chi connectivity index (χ0n) is 15.4. The normalized spacial score (nSPS) is 10.8. The summed E-state index contributed by atoms with van der Waals surface area (Å²) < 4.78 is 10.1. The van der Waals surface area contributed by atoms with Crippen LogP contribution in [-0.4, -0.2) is 31.1 Å². The smallest absolute Gasteiger partial charge is 0.340 e. The van der Waals surface area contributed by atoms with Crippen LogP contribution in [0.2, 0.25) is 0 Å². The molecule has 28 heavy (non-hydrogen) atoms. The fraction of sp³-hybridized carbons (Fsp3) is 0.0870. The van der Waals surface area contributed by atoms with Gasteiger partial charge in [0.25, 0.3) is 0 Å². The summed E-state index contributed by atoms with van der Waals surface area (Å²) in [5, 5.41) is 2.33. The van der Waals surface area contributed by atoms with Gasteiger partial charge in [-0.1, -0.05) is 60.7 Å². The molecule has 0 N–H and O–H groups in total. The number of ether oxygens (including phenoxy) is 2. The van der Waals surface area contributed by atoms with E-state index >= 15 is 0 Å². The van der Waals surface area contributed by atoms with Crippen LogP contribution in [0.4, 0.5) is 0 Å². The van der Waals surface area contributed by atoms with Crippen molar-refractivity contribution in [1.29, 1.82) is 0 Å². The van der Waals surface area contributed by atoms with E-state index in [2.05, 4.69) is 0 Å². The van der Waals surface area contributed by atoms with E-state index in [1.807, 2.05) is 66.7 Å². The van der Waals surface area contributed by atoms with Crippen molar-refractivity contribution >= 4 is 33.6 Å². The molecule has 0 aliphatic carbocycles. The van der Waals surface area contributed by atoms with Gasteiger partial charge in [0, 0.05) is 10.9 Å². The second-order valence-corrected chi connectivity index (χ2v) is 6.24. The maximum Gasteiger partial charge on any atom is 0.340 e. The molecule has 0 spiro atoms. The third-order valence-electron chi connectivity index (χ3n) is 4.70. The van der Waals surface area contributed by atoms with E-state index in [1.165, 1.54) is 14.2 Å². The van der Waals surface area contributed by atoms with E-state index in [1.54, 1.807) is 0 Å². The van der Waals surface area contributed by atoms with Crippen LogP contribution in [-0.2, 0) is 9.47 Å². The second kappa shape index (κ2) is 7.12. The van der Waals surface area contributed by atoms with Crippen LogP contribution in [0.3, 0.4) is 0 Å². The minimum atomic E-state index is -0.637. The SMILES string of the molecule is COC(=O)c1c(-c2ccccc2)nc2ccc3ccccc3c2c1C(=O)OC. The molecule has 1 heterocycles. The van der Waals surface area contributed by atoms with Gasteiger partial charge < -0.3 is 9.47 Å². The highest BCUT2D eigenvalue weighted by molar-refractivity contribution is 6.21. The number of fused-ring (bicyclic) bond motifs is 3. The van der Waals surface area contributed by atoms with Gasteiger partial charge in [-0.3, -0.25) is 0 Å². The van der Waals surface area contributed by atoms with Crippen LogP contribution < -0.4 is 0 Å². The molecular weight excluding hydrogens is 354 g/mol. The molecule has 0 saturated carbocycles. The number of esters is 2. The Labute approximate surface area is 161 Å². The first-order valence-electron chi connectivity index (χ1n) is 8.73. The number of aromatic nitrogens is 1. The fourth-order valence-electron chi connectivity index (χ4n) is 3.45. The molecule has 0 saturated heterocycles. The van der Waals surface area contributed by atoms with Crippen LogP contribution >= 0.6 is 0 Å². The number of methoxy groups -OCH3 is 2. The van der Waals surface area contributed by atoms with Crippen molar-refractivity contribution in [3.8, 4) is 11.3 Å². The van der Waals surface area contributed by atoms with Gasteiger partial charge in [-0.15, -0.1) is 0 Å². The number of carbonyl (C=O) groups excluding carboxylic acids is 2. The van der Waals surface area contributed by atoms with Crippen molar-refractivity contribution in [2.75, 3.05) is 14.2 Å². The van der Waals surface area contributed by atoms with Gasteiger partial charge in [0.2, 0.25) is 0 Å². The average molecular weight is 371 g/mol. The van der Waals surface area contributed by atoms with Crippen LogP contribution in [0.5, 0.6) is 0 Å². The van der Waals surface area contributed by atoms with E-state index in [0.717, 1.165) is 10.8 Å². The summed E-state index contributed by atoms with van der Waals surface area (Å²) in [5.74, 6) is -1.25. The summed E-state index contributed by atoms with van der Waals surface area (Å²) in [4.78, 5) is 30.3. The summed E-state index contributed by atoms with van der Waals surface area (Å²) in [7, 11) is 2.58. The number of carbonyl (C=O) groups is 2. The van der Waals surface area contributed by atoms with Crippen molar-refractivity contribution in [3.05, 3.63) is 77.9 Å². The highest BCUT2D eigenvalue weighted by Gasteiger charge is 2.28. The fourth-order valence-corrected chi connectivity index (χ4v) is 3.45. The molecule has 0 unspecified atom stereocenters. The molecule has 3 aromatic carbocycles. The summed E-state index contributed by atoms with van der Waals surface area (Å²) >= 11 is 0. The molecule has 4 aromatic rings. The molecule has 0 aliphatic heterocycles. The lowest BCUT2D eigenvalue weighted by Crippen LogP contribution is -2.15. The predicted molar refractivity (Wildman–Crippen MR) is 107 cm³/mol. The molecule has 0 radical (unpaired) electrons. The van der Waals surface area contributed by atoms with Crippen LogP contribution in [0.15, 0.2) is 66.7 Å². The van der Waals surface area contributed by atoms with Crippen LogP contribution in [0, 0.1) is 0 Å². The Morgan fingerprint density at radius 2 is 1.39 bits per heavy atom. The maximum atomic E-state index is 12.8. The minimum Gasteiger partial charge on any atom is -0.465 e. The number of rotatable bonds is 3. The van der Waals surface area contributed by atoms with Crippen molar-refractivity contribution in [3.63, 3.8) is 0 Å². The van der Waals surface area contributed by atoms with Gasteiger partial charge in [0.15, 0.2) is 0 Å². The molecule has 1 aromatic heterocycles. The lowest BCUT2D eigenvalue weighted by Gasteiger charge is -2.16. The molecule has 138 valence electrons. The largest absolute Gasteiger partial charge is 0.465 e. The van der Waals surface area contributed by atoms with Crippen molar-refractivity contribution in [2.45, 2.75) is 0 Å². The van der Waals surface area contributed by atoms with Gasteiger partial charge in [-0.05, 0) is 16.8 Å². The highest BCUT2D eigenvalue weighted by atomic mass is 16.5. The number of nitrogens with zero attached hydrogens (tertiary/aromatic N) is 1. The van der Waals surface area contributed by atoms with E-state index in [-0.39, 0.29) is 11.1 Å². The molecule has 5 heteroatoms. The molecule has 4 rings (SSSR count). The number of pyridine rings is 1. The molecule has 5 nitrogen and oxygen atoms in total. The molecule has 0 aliphatic rings. The van der Waals surface area contributed by atoms with E-state index in [4.69, 9.17) is 14.5 Å². The summed E-state index contributed by atoms with van der Waals surface area (Å²) in [6, 6.07) is 20.7. The summed E-state index contributed by atoms with van der Waals surface area (Å²) in [6.07, 6.45) is 0. The lowest BCUT2D eigenvalue weighted by atomic mass is 9.93. The van der Waals surface area contributed by atoms with Crippen molar-refractivity contribution in [1.82, 2.24) is 4.98 Å². The Balaban J connectivity index is 2.24. The van der Waals surface area contributed by atoms with Crippen molar-refractivity contribution in [2.24, 2.45) is 0 Å². The highest BCUT2D eigenvalue weighted by Crippen LogP contribution is 2.35. The molecule has 0 bridgehead atoms. The van der Waals surface area contributed by atoms with Crippen LogP contribution in [0.1, 0.15) is 20.7 Å². The average Bonchev–Trinajstić information content (AvgIpc) is 2.77. The number of benzene rings is 3. The quantitative estimate of drug-likeness (QED) is 0.388.